The zero-order valence-corrected chi connectivity index (χ0v) is 21.2. The minimum absolute atomic E-state index is 0.0427. The molecule has 1 amide bonds. The number of anilines is 1. The van der Waals surface area contributed by atoms with Gasteiger partial charge in [0.05, 0.1) is 0 Å². The first-order valence-corrected chi connectivity index (χ1v) is 12.2. The Morgan fingerprint density at radius 2 is 1.81 bits per heavy atom. The Bertz CT molecular complexity index is 1060. The van der Waals surface area contributed by atoms with Crippen LogP contribution in [0.3, 0.4) is 0 Å². The van der Waals surface area contributed by atoms with Crippen molar-refractivity contribution < 1.29 is 28.3 Å². The molecule has 2 N–H and O–H groups in total. The predicted octanol–water partition coefficient (Wildman–Crippen LogP) is 4.86. The highest BCUT2D eigenvalue weighted by Crippen LogP contribution is 2.31. The maximum atomic E-state index is 13.5. The summed E-state index contributed by atoms with van der Waals surface area (Å²) in [5, 5.41) is 10.1. The third-order valence-electron chi connectivity index (χ3n) is 6.28. The van der Waals surface area contributed by atoms with Crippen molar-refractivity contribution in [2.24, 2.45) is 5.92 Å². The van der Waals surface area contributed by atoms with Crippen molar-refractivity contribution >= 4 is 17.6 Å². The minimum Gasteiger partial charge on any atom is -0.504 e. The molecule has 1 aromatic heterocycles. The summed E-state index contributed by atoms with van der Waals surface area (Å²) in [6.45, 7) is 9.86. The molecule has 0 aliphatic carbocycles. The first kappa shape index (κ1) is 27.3. The summed E-state index contributed by atoms with van der Waals surface area (Å²) < 4.78 is 27.0. The predicted molar refractivity (Wildman–Crippen MR) is 131 cm³/mol. The number of aromatic hydroxyl groups is 1. The topological polar surface area (TPSA) is 105 Å². The van der Waals surface area contributed by atoms with Crippen LogP contribution < -0.4 is 10.4 Å². The van der Waals surface area contributed by atoms with E-state index in [9.17, 15) is 23.5 Å². The highest BCUT2D eigenvalue weighted by Gasteiger charge is 2.28. The lowest BCUT2D eigenvalue weighted by Crippen LogP contribution is -2.34. The molecule has 196 valence electrons. The summed E-state index contributed by atoms with van der Waals surface area (Å²) in [5.41, 5.74) is 2.80. The van der Waals surface area contributed by atoms with Crippen LogP contribution in [0, 0.1) is 5.92 Å². The van der Waals surface area contributed by atoms with Crippen LogP contribution in [0.2, 0.25) is 0 Å². The van der Waals surface area contributed by atoms with Crippen LogP contribution >= 0.6 is 0 Å². The molecule has 1 fully saturated rings. The largest absolute Gasteiger partial charge is 0.504 e. The number of halogens is 2. The monoisotopic (exact) mass is 504 g/mol. The Morgan fingerprint density at radius 3 is 2.36 bits per heavy atom. The number of aromatic nitrogens is 2. The lowest BCUT2D eigenvalue weighted by molar-refractivity contribution is -0.149. The molecule has 1 aliphatic heterocycles. The summed E-state index contributed by atoms with van der Waals surface area (Å²) >= 11 is 0. The number of carbonyl (C=O) groups is 2. The van der Waals surface area contributed by atoms with Gasteiger partial charge in [-0.2, -0.15) is 5.48 Å². The van der Waals surface area contributed by atoms with Crippen molar-refractivity contribution in [2.45, 2.75) is 71.6 Å². The van der Waals surface area contributed by atoms with Crippen molar-refractivity contribution in [3.63, 3.8) is 0 Å². The van der Waals surface area contributed by atoms with E-state index in [0.29, 0.717) is 6.42 Å². The number of piperidine rings is 1. The van der Waals surface area contributed by atoms with Crippen LogP contribution in [-0.4, -0.2) is 40.0 Å². The van der Waals surface area contributed by atoms with Crippen molar-refractivity contribution in [3.8, 4) is 5.75 Å². The van der Waals surface area contributed by atoms with Crippen LogP contribution in [0.1, 0.15) is 87.4 Å². The van der Waals surface area contributed by atoms with Gasteiger partial charge in [-0.1, -0.05) is 39.8 Å². The summed E-state index contributed by atoms with van der Waals surface area (Å²) in [5.74, 6) is -2.62. The zero-order valence-electron chi connectivity index (χ0n) is 21.2. The summed E-state index contributed by atoms with van der Waals surface area (Å²) in [6.07, 6.45) is -0.639. The summed E-state index contributed by atoms with van der Waals surface area (Å²) in [6, 6.07) is 8.53. The van der Waals surface area contributed by atoms with E-state index in [1.165, 1.54) is 5.56 Å². The lowest BCUT2D eigenvalue weighted by atomic mass is 9.87. The molecular weight excluding hydrogens is 470 g/mol. The number of rotatable bonds is 7. The second kappa shape index (κ2) is 11.6. The van der Waals surface area contributed by atoms with Crippen LogP contribution in [0.15, 0.2) is 24.3 Å². The Kier molecular flexibility index (Phi) is 8.81. The summed E-state index contributed by atoms with van der Waals surface area (Å²) in [7, 11) is 0. The maximum absolute atomic E-state index is 13.5. The fourth-order valence-corrected chi connectivity index (χ4v) is 4.15. The molecular formula is C26H34F2N4O4. The molecule has 36 heavy (non-hydrogen) atoms. The lowest BCUT2D eigenvalue weighted by Gasteiger charge is -2.34. The van der Waals surface area contributed by atoms with E-state index in [4.69, 9.17) is 0 Å². The van der Waals surface area contributed by atoms with Crippen molar-refractivity contribution in [1.82, 2.24) is 15.4 Å². The average Bonchev–Trinajstić information content (AvgIpc) is 2.83. The first-order chi connectivity index (χ1) is 17.0. The van der Waals surface area contributed by atoms with E-state index in [1.807, 2.05) is 5.48 Å². The van der Waals surface area contributed by atoms with Gasteiger partial charge in [0.1, 0.15) is 5.82 Å². The van der Waals surface area contributed by atoms with Crippen LogP contribution in [0.25, 0.3) is 0 Å². The highest BCUT2D eigenvalue weighted by atomic mass is 19.3. The number of hydrogen-bond donors (Lipinski definition) is 2. The molecule has 0 atom stereocenters. The number of nitrogens with one attached hydrogen (secondary N) is 1. The van der Waals surface area contributed by atoms with Crippen LogP contribution in [-0.2, 0) is 21.5 Å². The standard InChI is InChI=1S/C26H34F2N4O4/c1-5-6-20(33)36-31-25(35)22-23(34)21(24(27)28)29-19(30-22)15-16-11-13-32(14-12-16)18-9-7-17(8-10-18)26(2,3)4/h7-10,16,24,34H,5-6,11-15H2,1-4H3,(H,31,35). The van der Waals surface area contributed by atoms with Crippen molar-refractivity contribution in [3.05, 3.63) is 47.0 Å². The number of nitrogens with zero attached hydrogens (tertiary/aromatic N) is 3. The Morgan fingerprint density at radius 1 is 1.17 bits per heavy atom. The van der Waals surface area contributed by atoms with Crippen LogP contribution in [0.5, 0.6) is 5.75 Å². The van der Waals surface area contributed by atoms with E-state index < -0.39 is 35.4 Å². The van der Waals surface area contributed by atoms with Gasteiger partial charge in [0, 0.05) is 31.6 Å². The maximum Gasteiger partial charge on any atom is 0.332 e. The molecule has 0 unspecified atom stereocenters. The number of alkyl halides is 2. The van der Waals surface area contributed by atoms with Gasteiger partial charge < -0.3 is 14.8 Å². The normalized spacial score (nSPS) is 14.7. The molecule has 2 aromatic rings. The smallest absolute Gasteiger partial charge is 0.332 e. The second-order valence-corrected chi connectivity index (χ2v) is 10.1. The molecule has 0 bridgehead atoms. The number of amides is 1. The third kappa shape index (κ3) is 6.89. The van der Waals surface area contributed by atoms with Gasteiger partial charge in [0.15, 0.2) is 17.1 Å². The molecule has 10 heteroatoms. The van der Waals surface area contributed by atoms with E-state index in [-0.39, 0.29) is 30.0 Å². The Labute approximate surface area is 210 Å². The second-order valence-electron chi connectivity index (χ2n) is 10.1. The number of hydroxylamine groups is 1. The fourth-order valence-electron chi connectivity index (χ4n) is 4.15. The van der Waals surface area contributed by atoms with Crippen molar-refractivity contribution in [1.29, 1.82) is 0 Å². The third-order valence-corrected chi connectivity index (χ3v) is 6.28. The van der Waals surface area contributed by atoms with Gasteiger partial charge in [-0.25, -0.2) is 23.5 Å². The van der Waals surface area contributed by atoms with Crippen LogP contribution in [0.4, 0.5) is 14.5 Å². The SMILES string of the molecule is CCCC(=O)ONC(=O)c1nc(CC2CCN(c3ccc(C(C)(C)C)cc3)CC2)nc(C(F)F)c1O. The van der Waals surface area contributed by atoms with Gasteiger partial charge in [-0.05, 0) is 48.3 Å². The first-order valence-electron chi connectivity index (χ1n) is 12.2. The van der Waals surface area contributed by atoms with Gasteiger partial charge in [0.2, 0.25) is 0 Å². The molecule has 1 saturated heterocycles. The molecule has 1 aliphatic rings. The molecule has 3 rings (SSSR count). The average molecular weight is 505 g/mol. The van der Waals surface area contributed by atoms with Gasteiger partial charge in [-0.15, -0.1) is 0 Å². The van der Waals surface area contributed by atoms with E-state index in [2.05, 4.69) is 64.7 Å². The molecule has 0 saturated carbocycles. The Hall–Kier alpha value is -3.30. The van der Waals surface area contributed by atoms with Crippen molar-refractivity contribution in [2.75, 3.05) is 18.0 Å². The molecule has 0 spiro atoms. The molecule has 0 radical (unpaired) electrons. The highest BCUT2D eigenvalue weighted by molar-refractivity contribution is 5.95. The molecule has 8 nitrogen and oxygen atoms in total. The minimum atomic E-state index is -3.10. The fraction of sp³-hybridized carbons (Fsp3) is 0.538. The Balaban J connectivity index is 1.67. The summed E-state index contributed by atoms with van der Waals surface area (Å²) in [4.78, 5) is 38.7. The number of hydrogen-bond acceptors (Lipinski definition) is 7. The zero-order chi connectivity index (χ0) is 26.5. The molecule has 1 aromatic carbocycles. The van der Waals surface area contributed by atoms with Gasteiger partial charge in [-0.3, -0.25) is 4.79 Å². The number of carbonyl (C=O) groups excluding carboxylic acids is 2. The van der Waals surface area contributed by atoms with Gasteiger partial charge >= 0.3 is 11.9 Å². The molecule has 2 heterocycles. The number of benzene rings is 1. The van der Waals surface area contributed by atoms with Gasteiger partial charge in [0.25, 0.3) is 6.43 Å². The van der Waals surface area contributed by atoms with E-state index in [0.717, 1.165) is 31.6 Å². The quantitative estimate of drug-likeness (QED) is 0.519. The van der Waals surface area contributed by atoms with E-state index >= 15 is 0 Å². The van der Waals surface area contributed by atoms with E-state index in [1.54, 1.807) is 6.92 Å².